The number of nitrogens with zero attached hydrogens (tertiary/aromatic N) is 1. The van der Waals surface area contributed by atoms with Crippen molar-refractivity contribution in [2.24, 2.45) is 0 Å². The van der Waals surface area contributed by atoms with E-state index in [1.165, 1.54) is 18.2 Å². The Hall–Kier alpha value is -3.61. The molecular formula is C23H13Cl2NO5. The molecule has 31 heavy (non-hydrogen) atoms. The van der Waals surface area contributed by atoms with E-state index >= 15 is 0 Å². The van der Waals surface area contributed by atoms with Gasteiger partial charge in [-0.05, 0) is 60.7 Å². The Balaban J connectivity index is 1.51. The van der Waals surface area contributed by atoms with Gasteiger partial charge in [0.15, 0.2) is 5.76 Å². The van der Waals surface area contributed by atoms with Crippen LogP contribution in [0.4, 0.5) is 5.69 Å². The number of hydrogen-bond acceptors (Lipinski definition) is 5. The summed E-state index contributed by atoms with van der Waals surface area (Å²) < 4.78 is 11.3. The van der Waals surface area contributed by atoms with Gasteiger partial charge in [0, 0.05) is 11.6 Å². The maximum Gasteiger partial charge on any atom is 0.280 e. The molecule has 0 fully saturated rings. The number of nitro groups is 1. The Morgan fingerprint density at radius 1 is 0.903 bits per heavy atom. The Bertz CT molecular complexity index is 1320. The Labute approximate surface area is 186 Å². The summed E-state index contributed by atoms with van der Waals surface area (Å²) in [5.74, 6) is 0.960. The molecule has 0 spiro atoms. The van der Waals surface area contributed by atoms with Crippen LogP contribution in [-0.2, 0) is 0 Å². The predicted octanol–water partition coefficient (Wildman–Crippen LogP) is 7.32. The molecule has 0 aliphatic rings. The van der Waals surface area contributed by atoms with Crippen molar-refractivity contribution >= 4 is 40.7 Å². The normalized spacial score (nSPS) is 11.2. The van der Waals surface area contributed by atoms with Crippen molar-refractivity contribution in [2.45, 2.75) is 0 Å². The third kappa shape index (κ3) is 4.45. The number of allylic oxidation sites excluding steroid dienone is 1. The van der Waals surface area contributed by atoms with E-state index in [9.17, 15) is 14.9 Å². The summed E-state index contributed by atoms with van der Waals surface area (Å²) in [7, 11) is 0. The van der Waals surface area contributed by atoms with Crippen LogP contribution in [0.3, 0.4) is 0 Å². The van der Waals surface area contributed by atoms with E-state index < -0.39 is 4.92 Å². The Morgan fingerprint density at radius 3 is 2.45 bits per heavy atom. The van der Waals surface area contributed by atoms with Gasteiger partial charge in [-0.3, -0.25) is 14.9 Å². The van der Waals surface area contributed by atoms with Crippen molar-refractivity contribution < 1.29 is 18.6 Å². The van der Waals surface area contributed by atoms with E-state index in [2.05, 4.69) is 0 Å². The molecule has 0 aliphatic heterocycles. The van der Waals surface area contributed by atoms with Gasteiger partial charge in [0.25, 0.3) is 5.69 Å². The molecule has 4 rings (SSSR count). The van der Waals surface area contributed by atoms with Crippen LogP contribution in [-0.4, -0.2) is 10.7 Å². The average molecular weight is 454 g/mol. The first kappa shape index (κ1) is 20.7. The van der Waals surface area contributed by atoms with Crippen LogP contribution in [0.2, 0.25) is 10.0 Å². The van der Waals surface area contributed by atoms with Crippen LogP contribution in [0.1, 0.15) is 16.3 Å². The van der Waals surface area contributed by atoms with Crippen LogP contribution in [0.15, 0.2) is 81.6 Å². The zero-order valence-electron chi connectivity index (χ0n) is 15.7. The topological polar surface area (TPSA) is 86.5 Å². The second-order valence-electron chi connectivity index (χ2n) is 6.47. The van der Waals surface area contributed by atoms with E-state index in [4.69, 9.17) is 32.0 Å². The lowest BCUT2D eigenvalue weighted by atomic mass is 10.1. The fraction of sp³-hybridized carbons (Fsp3) is 0. The van der Waals surface area contributed by atoms with Crippen LogP contribution < -0.4 is 0 Å². The van der Waals surface area contributed by atoms with Crippen LogP contribution in [0.5, 0.6) is 0 Å². The zero-order valence-corrected chi connectivity index (χ0v) is 17.3. The van der Waals surface area contributed by atoms with Crippen LogP contribution in [0, 0.1) is 10.1 Å². The summed E-state index contributed by atoms with van der Waals surface area (Å²) in [6.07, 6.45) is 2.78. The first-order valence-corrected chi connectivity index (χ1v) is 9.79. The largest absolute Gasteiger partial charge is 0.456 e. The molecule has 0 unspecified atom stereocenters. The molecule has 2 heterocycles. The van der Waals surface area contributed by atoms with Gasteiger partial charge in [0.2, 0.25) is 5.78 Å². The molecule has 0 bridgehead atoms. The minimum Gasteiger partial charge on any atom is -0.456 e. The second kappa shape index (κ2) is 8.63. The zero-order chi connectivity index (χ0) is 22.0. The maximum absolute atomic E-state index is 12.4. The fourth-order valence-corrected chi connectivity index (χ4v) is 3.24. The van der Waals surface area contributed by atoms with Crippen molar-refractivity contribution in [2.75, 3.05) is 0 Å². The molecule has 6 nitrogen and oxygen atoms in total. The van der Waals surface area contributed by atoms with Gasteiger partial charge >= 0.3 is 0 Å². The minimum atomic E-state index is -0.473. The number of ketones is 1. The summed E-state index contributed by atoms with van der Waals surface area (Å²) >= 11 is 11.9. The smallest absolute Gasteiger partial charge is 0.280 e. The number of para-hydroxylation sites is 1. The van der Waals surface area contributed by atoms with Gasteiger partial charge in [0.1, 0.15) is 17.3 Å². The number of hydrogen-bond donors (Lipinski definition) is 0. The summed E-state index contributed by atoms with van der Waals surface area (Å²) in [5, 5.41) is 12.0. The molecule has 2 aromatic carbocycles. The number of furan rings is 2. The lowest BCUT2D eigenvalue weighted by molar-refractivity contribution is -0.384. The number of carbonyl (C=O) groups is 1. The molecule has 0 radical (unpaired) electrons. The summed E-state index contributed by atoms with van der Waals surface area (Å²) in [6, 6.07) is 17.8. The van der Waals surface area contributed by atoms with Crippen LogP contribution >= 0.6 is 23.2 Å². The number of benzene rings is 2. The second-order valence-corrected chi connectivity index (χ2v) is 7.28. The summed E-state index contributed by atoms with van der Waals surface area (Å²) in [6.45, 7) is 0. The molecule has 154 valence electrons. The fourth-order valence-electron chi connectivity index (χ4n) is 2.94. The predicted molar refractivity (Wildman–Crippen MR) is 118 cm³/mol. The third-order valence-corrected chi connectivity index (χ3v) is 5.18. The van der Waals surface area contributed by atoms with Crippen molar-refractivity contribution in [1.82, 2.24) is 0 Å². The third-order valence-electron chi connectivity index (χ3n) is 4.44. The molecule has 0 saturated carbocycles. The van der Waals surface area contributed by atoms with E-state index in [1.54, 1.807) is 60.7 Å². The van der Waals surface area contributed by atoms with E-state index in [0.717, 1.165) is 0 Å². The summed E-state index contributed by atoms with van der Waals surface area (Å²) in [5.41, 5.74) is 0.988. The van der Waals surface area contributed by atoms with Gasteiger partial charge in [0.05, 0.1) is 20.5 Å². The van der Waals surface area contributed by atoms with Crippen molar-refractivity contribution in [3.8, 4) is 22.6 Å². The van der Waals surface area contributed by atoms with Crippen molar-refractivity contribution in [3.63, 3.8) is 0 Å². The monoisotopic (exact) mass is 453 g/mol. The molecule has 8 heteroatoms. The number of halogens is 2. The molecule has 0 atom stereocenters. The van der Waals surface area contributed by atoms with E-state index in [1.807, 2.05) is 0 Å². The standard InChI is InChI=1S/C23H13Cl2NO5/c24-17-8-5-14(13-18(17)25)21-11-12-23(31-21)20(27)9-6-15-7-10-22(30-15)16-3-1-2-4-19(16)26(28)29/h1-13H. The average Bonchev–Trinajstić information content (AvgIpc) is 3.44. The quantitative estimate of drug-likeness (QED) is 0.132. The molecule has 0 amide bonds. The number of nitro benzene ring substituents is 1. The molecule has 2 aromatic heterocycles. The van der Waals surface area contributed by atoms with E-state index in [-0.39, 0.29) is 17.2 Å². The first-order chi connectivity index (χ1) is 14.9. The lowest BCUT2D eigenvalue weighted by Gasteiger charge is -1.99. The SMILES string of the molecule is O=C(C=Cc1ccc(-c2ccccc2[N+](=O)[O-])o1)c1ccc(-c2ccc(Cl)c(Cl)c2)o1. The van der Waals surface area contributed by atoms with E-state index in [0.29, 0.717) is 38.5 Å². The van der Waals surface area contributed by atoms with Gasteiger partial charge < -0.3 is 8.83 Å². The van der Waals surface area contributed by atoms with Gasteiger partial charge in [-0.2, -0.15) is 0 Å². The highest BCUT2D eigenvalue weighted by Gasteiger charge is 2.17. The highest BCUT2D eigenvalue weighted by molar-refractivity contribution is 6.42. The summed E-state index contributed by atoms with van der Waals surface area (Å²) in [4.78, 5) is 23.2. The molecule has 4 aromatic rings. The lowest BCUT2D eigenvalue weighted by Crippen LogP contribution is -1.90. The molecule has 0 saturated heterocycles. The van der Waals surface area contributed by atoms with Crippen molar-refractivity contribution in [1.29, 1.82) is 0 Å². The maximum atomic E-state index is 12.4. The first-order valence-electron chi connectivity index (χ1n) is 9.03. The Kier molecular flexibility index (Phi) is 5.75. The minimum absolute atomic E-state index is 0.0612. The van der Waals surface area contributed by atoms with Gasteiger partial charge in [-0.25, -0.2) is 0 Å². The number of rotatable bonds is 6. The van der Waals surface area contributed by atoms with Gasteiger partial charge in [-0.15, -0.1) is 0 Å². The highest BCUT2D eigenvalue weighted by atomic mass is 35.5. The van der Waals surface area contributed by atoms with Gasteiger partial charge in [-0.1, -0.05) is 35.3 Å². The Morgan fingerprint density at radius 2 is 1.68 bits per heavy atom. The number of carbonyl (C=O) groups excluding carboxylic acids is 1. The molecule has 0 aliphatic carbocycles. The van der Waals surface area contributed by atoms with Crippen LogP contribution in [0.25, 0.3) is 28.7 Å². The highest BCUT2D eigenvalue weighted by Crippen LogP contribution is 2.32. The molecular weight excluding hydrogens is 441 g/mol. The van der Waals surface area contributed by atoms with Crippen molar-refractivity contribution in [3.05, 3.63) is 104 Å². The molecule has 0 N–H and O–H groups in total.